The third-order valence-corrected chi connectivity index (χ3v) is 3.67. The molecule has 0 aliphatic carbocycles. The van der Waals surface area contributed by atoms with Gasteiger partial charge < -0.3 is 10.1 Å². The molecule has 0 aliphatic heterocycles. The molecule has 0 aromatic heterocycles. The highest BCUT2D eigenvalue weighted by Crippen LogP contribution is 2.26. The fourth-order valence-electron chi connectivity index (χ4n) is 1.98. The minimum Gasteiger partial charge on any atom is -0.481 e. The van der Waals surface area contributed by atoms with Crippen LogP contribution >= 0.6 is 23.2 Å². The van der Waals surface area contributed by atoms with Crippen LogP contribution in [-0.4, -0.2) is 12.0 Å². The molecule has 0 bridgehead atoms. The summed E-state index contributed by atoms with van der Waals surface area (Å²) < 4.78 is 5.76. The Balaban J connectivity index is 2.08. The lowest BCUT2D eigenvalue weighted by Gasteiger charge is -2.18. The van der Waals surface area contributed by atoms with Crippen molar-refractivity contribution in [3.63, 3.8) is 0 Å². The van der Waals surface area contributed by atoms with Gasteiger partial charge in [-0.25, -0.2) is 0 Å². The zero-order chi connectivity index (χ0) is 16.1. The number of halogens is 2. The van der Waals surface area contributed by atoms with Crippen molar-refractivity contribution in [2.45, 2.75) is 26.4 Å². The molecule has 0 saturated heterocycles. The van der Waals surface area contributed by atoms with E-state index in [1.807, 2.05) is 38.1 Å². The van der Waals surface area contributed by atoms with E-state index in [9.17, 15) is 4.79 Å². The quantitative estimate of drug-likeness (QED) is 0.824. The van der Waals surface area contributed by atoms with Gasteiger partial charge in [0.25, 0.3) is 5.91 Å². The molecule has 0 heterocycles. The van der Waals surface area contributed by atoms with Gasteiger partial charge in [0, 0.05) is 5.02 Å². The maximum Gasteiger partial charge on any atom is 0.265 e. The molecule has 0 unspecified atom stereocenters. The summed E-state index contributed by atoms with van der Waals surface area (Å²) in [6.07, 6.45) is -0.0427. The topological polar surface area (TPSA) is 38.3 Å². The highest BCUT2D eigenvalue weighted by molar-refractivity contribution is 6.36. The summed E-state index contributed by atoms with van der Waals surface area (Å²) >= 11 is 11.9. The Kier molecular flexibility index (Phi) is 5.69. The average Bonchev–Trinajstić information content (AvgIpc) is 2.47. The van der Waals surface area contributed by atoms with Crippen LogP contribution in [0.3, 0.4) is 0 Å². The highest BCUT2D eigenvalue weighted by atomic mass is 35.5. The third kappa shape index (κ3) is 4.39. The number of rotatable bonds is 5. The number of aryl methyl sites for hydroxylation is 1. The molecule has 0 radical (unpaired) electrons. The normalized spacial score (nSPS) is 11.8. The molecule has 5 heteroatoms. The van der Waals surface area contributed by atoms with Gasteiger partial charge in [0.05, 0.1) is 10.7 Å². The Morgan fingerprint density at radius 2 is 2.00 bits per heavy atom. The molecule has 0 saturated carbocycles. The van der Waals surface area contributed by atoms with E-state index in [-0.39, 0.29) is 5.91 Å². The van der Waals surface area contributed by atoms with Crippen LogP contribution in [0.2, 0.25) is 10.0 Å². The van der Waals surface area contributed by atoms with Gasteiger partial charge in [-0.15, -0.1) is 0 Å². The molecular weight excluding hydrogens is 321 g/mol. The summed E-state index contributed by atoms with van der Waals surface area (Å²) in [6, 6.07) is 12.5. The number of carbonyl (C=O) groups is 1. The van der Waals surface area contributed by atoms with E-state index in [1.54, 1.807) is 18.2 Å². The summed E-state index contributed by atoms with van der Waals surface area (Å²) in [7, 11) is 0. The smallest absolute Gasteiger partial charge is 0.265 e. The average molecular weight is 338 g/mol. The van der Waals surface area contributed by atoms with Crippen molar-refractivity contribution in [1.29, 1.82) is 0 Å². The SMILES string of the molecule is CC[C@H](Oc1cccc(C)c1)C(=O)Nc1ccc(Cl)cc1Cl. The molecule has 0 aliphatic rings. The molecule has 0 fully saturated rings. The predicted molar refractivity (Wildman–Crippen MR) is 91.0 cm³/mol. The molecule has 1 atom stereocenters. The van der Waals surface area contributed by atoms with Crippen molar-refractivity contribution >= 4 is 34.8 Å². The second-order valence-corrected chi connectivity index (χ2v) is 5.79. The van der Waals surface area contributed by atoms with E-state index in [4.69, 9.17) is 27.9 Å². The number of amides is 1. The second-order valence-electron chi connectivity index (χ2n) is 4.94. The number of benzene rings is 2. The molecule has 116 valence electrons. The summed E-state index contributed by atoms with van der Waals surface area (Å²) in [5.74, 6) is 0.428. The van der Waals surface area contributed by atoms with Crippen LogP contribution < -0.4 is 10.1 Å². The van der Waals surface area contributed by atoms with Gasteiger partial charge in [-0.3, -0.25) is 4.79 Å². The van der Waals surface area contributed by atoms with E-state index in [2.05, 4.69) is 5.32 Å². The number of ether oxygens (including phenoxy) is 1. The van der Waals surface area contributed by atoms with Crippen LogP contribution in [0.5, 0.6) is 5.75 Å². The Labute approximate surface area is 140 Å². The molecule has 3 nitrogen and oxygen atoms in total. The predicted octanol–water partition coefficient (Wildman–Crippen LogP) is 5.10. The van der Waals surface area contributed by atoms with Gasteiger partial charge in [-0.2, -0.15) is 0 Å². The maximum atomic E-state index is 12.3. The second kappa shape index (κ2) is 7.52. The Morgan fingerprint density at radius 3 is 2.64 bits per heavy atom. The van der Waals surface area contributed by atoms with Crippen molar-refractivity contribution < 1.29 is 9.53 Å². The van der Waals surface area contributed by atoms with Crippen molar-refractivity contribution in [3.8, 4) is 5.75 Å². The molecule has 2 aromatic rings. The first kappa shape index (κ1) is 16.7. The summed E-state index contributed by atoms with van der Waals surface area (Å²) in [6.45, 7) is 3.87. The van der Waals surface area contributed by atoms with Crippen molar-refractivity contribution in [2.75, 3.05) is 5.32 Å². The van der Waals surface area contributed by atoms with Gasteiger partial charge in [0.15, 0.2) is 6.10 Å². The van der Waals surface area contributed by atoms with Crippen molar-refractivity contribution in [3.05, 3.63) is 58.1 Å². The molecular formula is C17H17Cl2NO2. The summed E-state index contributed by atoms with van der Waals surface area (Å²) in [5.41, 5.74) is 1.59. The zero-order valence-corrected chi connectivity index (χ0v) is 13.9. The molecule has 2 aromatic carbocycles. The van der Waals surface area contributed by atoms with Gasteiger partial charge in [-0.1, -0.05) is 42.3 Å². The Morgan fingerprint density at radius 1 is 1.23 bits per heavy atom. The van der Waals surface area contributed by atoms with E-state index < -0.39 is 6.10 Å². The van der Waals surface area contributed by atoms with E-state index >= 15 is 0 Å². The molecule has 0 spiro atoms. The van der Waals surface area contributed by atoms with Gasteiger partial charge in [-0.05, 0) is 49.2 Å². The lowest BCUT2D eigenvalue weighted by atomic mass is 10.2. The van der Waals surface area contributed by atoms with Crippen LogP contribution in [-0.2, 0) is 4.79 Å². The number of hydrogen-bond donors (Lipinski definition) is 1. The number of nitrogens with one attached hydrogen (secondary N) is 1. The van der Waals surface area contributed by atoms with Gasteiger partial charge in [0.2, 0.25) is 0 Å². The van der Waals surface area contributed by atoms with Crippen LogP contribution in [0.25, 0.3) is 0 Å². The zero-order valence-electron chi connectivity index (χ0n) is 12.4. The molecule has 2 rings (SSSR count). The Hall–Kier alpha value is -1.71. The first-order chi connectivity index (χ1) is 10.5. The molecule has 22 heavy (non-hydrogen) atoms. The molecule has 1 amide bonds. The monoisotopic (exact) mass is 337 g/mol. The highest BCUT2D eigenvalue weighted by Gasteiger charge is 2.19. The fraction of sp³-hybridized carbons (Fsp3) is 0.235. The van der Waals surface area contributed by atoms with Gasteiger partial charge >= 0.3 is 0 Å². The summed E-state index contributed by atoms with van der Waals surface area (Å²) in [4.78, 5) is 12.3. The van der Waals surface area contributed by atoms with Gasteiger partial charge in [0.1, 0.15) is 5.75 Å². The fourth-order valence-corrected chi connectivity index (χ4v) is 2.43. The van der Waals surface area contributed by atoms with Crippen LogP contribution in [0.1, 0.15) is 18.9 Å². The lowest BCUT2D eigenvalue weighted by Crippen LogP contribution is -2.32. The summed E-state index contributed by atoms with van der Waals surface area (Å²) in [5, 5.41) is 3.68. The van der Waals surface area contributed by atoms with Crippen molar-refractivity contribution in [1.82, 2.24) is 0 Å². The van der Waals surface area contributed by atoms with Crippen LogP contribution in [0.15, 0.2) is 42.5 Å². The minimum absolute atomic E-state index is 0.242. The number of hydrogen-bond acceptors (Lipinski definition) is 2. The van der Waals surface area contributed by atoms with E-state index in [1.165, 1.54) is 0 Å². The van der Waals surface area contributed by atoms with Crippen LogP contribution in [0.4, 0.5) is 5.69 Å². The minimum atomic E-state index is -0.589. The largest absolute Gasteiger partial charge is 0.481 e. The maximum absolute atomic E-state index is 12.3. The van der Waals surface area contributed by atoms with Crippen molar-refractivity contribution in [2.24, 2.45) is 0 Å². The Bertz CT molecular complexity index is 673. The van der Waals surface area contributed by atoms with Crippen LogP contribution in [0, 0.1) is 6.92 Å². The third-order valence-electron chi connectivity index (χ3n) is 3.12. The number of carbonyl (C=O) groups excluding carboxylic acids is 1. The first-order valence-electron chi connectivity index (χ1n) is 6.99. The molecule has 1 N–H and O–H groups in total. The van der Waals surface area contributed by atoms with E-state index in [0.717, 1.165) is 5.56 Å². The lowest BCUT2D eigenvalue weighted by molar-refractivity contribution is -0.122. The first-order valence-corrected chi connectivity index (χ1v) is 7.74. The van der Waals surface area contributed by atoms with E-state index in [0.29, 0.717) is 27.9 Å². The standard InChI is InChI=1S/C17H17Cl2NO2/c1-3-16(22-13-6-4-5-11(2)9-13)17(21)20-15-8-7-12(18)10-14(15)19/h4-10,16H,3H2,1-2H3,(H,20,21)/t16-/m0/s1. The number of anilines is 1.